The van der Waals surface area contributed by atoms with Crippen molar-refractivity contribution >= 4 is 17.9 Å². The Labute approximate surface area is 396 Å². The van der Waals surface area contributed by atoms with Gasteiger partial charge >= 0.3 is 11.9 Å². The molecule has 0 rings (SSSR count). The van der Waals surface area contributed by atoms with E-state index in [9.17, 15) is 19.5 Å². The van der Waals surface area contributed by atoms with E-state index in [4.69, 9.17) is 18.9 Å². The van der Waals surface area contributed by atoms with Gasteiger partial charge in [0.25, 0.3) is 0 Å². The lowest BCUT2D eigenvalue weighted by Crippen LogP contribution is -2.44. The van der Waals surface area contributed by atoms with Crippen LogP contribution < -0.4 is 5.11 Å². The average Bonchev–Trinajstić information content (AvgIpc) is 3.26. The summed E-state index contributed by atoms with van der Waals surface area (Å²) in [5.74, 6) is -2.26. The molecule has 0 aliphatic carbocycles. The van der Waals surface area contributed by atoms with E-state index in [1.54, 1.807) is 0 Å². The molecule has 0 spiro atoms. The maximum Gasteiger partial charge on any atom is 0.306 e. The summed E-state index contributed by atoms with van der Waals surface area (Å²) in [6, 6.07) is 0. The first kappa shape index (κ1) is 62.3. The minimum Gasteiger partial charge on any atom is -0.545 e. The van der Waals surface area contributed by atoms with Crippen molar-refractivity contribution < 1.29 is 42.9 Å². The number of carbonyl (C=O) groups excluding carboxylic acids is 3. The van der Waals surface area contributed by atoms with Crippen molar-refractivity contribution in [3.05, 3.63) is 0 Å². The van der Waals surface area contributed by atoms with Gasteiger partial charge in [0.05, 0.1) is 40.3 Å². The molecule has 0 aliphatic heterocycles. The topological polar surface area (TPSA) is 111 Å². The second kappa shape index (κ2) is 47.8. The van der Waals surface area contributed by atoms with E-state index in [2.05, 4.69) is 13.8 Å². The molecule has 380 valence electrons. The summed E-state index contributed by atoms with van der Waals surface area (Å²) in [4.78, 5) is 37.0. The summed E-state index contributed by atoms with van der Waals surface area (Å²) < 4.78 is 22.6. The molecule has 9 nitrogen and oxygen atoms in total. The van der Waals surface area contributed by atoms with Gasteiger partial charge in [-0.15, -0.1) is 0 Å². The number of carboxylic acids is 1. The van der Waals surface area contributed by atoms with Crippen LogP contribution in [0, 0.1) is 0 Å². The molecule has 0 heterocycles. The van der Waals surface area contributed by atoms with Gasteiger partial charge in [-0.05, 0) is 12.8 Å². The normalized spacial score (nSPS) is 12.7. The number of carboxylic acid groups (broad SMARTS) is 1. The Morgan fingerprint density at radius 2 is 0.703 bits per heavy atom. The molecule has 2 atom stereocenters. The van der Waals surface area contributed by atoms with Gasteiger partial charge in [0.2, 0.25) is 0 Å². The molecule has 9 heteroatoms. The standard InChI is InChI=1S/C55H107NO8/c1-6-8-10-12-14-16-17-18-19-20-21-22-23-24-25-26-27-28-29-30-31-32-33-34-35-36-38-40-42-44-46-53(58)64-51(50-63-55(54(59)60)61-48-47-56(3,4)5)49-62-52(57)45-43-41-39-37-15-13-11-9-7-2/h51,55H,6-50H2,1-5H3. The molecule has 0 fully saturated rings. The Morgan fingerprint density at radius 3 is 1.00 bits per heavy atom. The van der Waals surface area contributed by atoms with Crippen LogP contribution in [0.5, 0.6) is 0 Å². The van der Waals surface area contributed by atoms with Gasteiger partial charge in [-0.3, -0.25) is 9.59 Å². The lowest BCUT2D eigenvalue weighted by molar-refractivity contribution is -0.870. The van der Waals surface area contributed by atoms with Crippen molar-refractivity contribution in [1.82, 2.24) is 0 Å². The van der Waals surface area contributed by atoms with Gasteiger partial charge in [0, 0.05) is 12.8 Å². The molecule has 0 saturated carbocycles. The highest BCUT2D eigenvalue weighted by molar-refractivity contribution is 5.70. The maximum absolute atomic E-state index is 12.8. The Bertz CT molecular complexity index is 1020. The van der Waals surface area contributed by atoms with E-state index in [1.807, 2.05) is 21.1 Å². The van der Waals surface area contributed by atoms with Crippen LogP contribution >= 0.6 is 0 Å². The largest absolute Gasteiger partial charge is 0.545 e. The summed E-state index contributed by atoms with van der Waals surface area (Å²) in [6.07, 6.45) is 48.9. The third kappa shape index (κ3) is 48.2. The third-order valence-corrected chi connectivity index (χ3v) is 12.6. The fourth-order valence-electron chi connectivity index (χ4n) is 8.30. The predicted molar refractivity (Wildman–Crippen MR) is 265 cm³/mol. The summed E-state index contributed by atoms with van der Waals surface area (Å²) in [6.45, 7) is 4.77. The highest BCUT2D eigenvalue weighted by Gasteiger charge is 2.22. The molecular weight excluding hydrogens is 803 g/mol. The first-order valence-corrected chi connectivity index (χ1v) is 27.7. The molecule has 2 unspecified atom stereocenters. The van der Waals surface area contributed by atoms with Crippen LogP contribution in [0.2, 0.25) is 0 Å². The zero-order valence-electron chi connectivity index (χ0n) is 43.2. The van der Waals surface area contributed by atoms with Crippen LogP contribution in [0.15, 0.2) is 0 Å². The molecule has 0 N–H and O–H groups in total. The molecule has 0 bridgehead atoms. The number of hydrogen-bond donors (Lipinski definition) is 0. The molecule has 0 aromatic rings. The van der Waals surface area contributed by atoms with E-state index in [-0.39, 0.29) is 32.2 Å². The van der Waals surface area contributed by atoms with E-state index in [0.29, 0.717) is 17.4 Å². The van der Waals surface area contributed by atoms with Crippen LogP contribution in [0.4, 0.5) is 0 Å². The molecule has 0 aromatic carbocycles. The molecule has 0 aromatic heterocycles. The monoisotopic (exact) mass is 910 g/mol. The van der Waals surface area contributed by atoms with Crippen LogP contribution in [-0.4, -0.2) is 82.3 Å². The van der Waals surface area contributed by atoms with Crippen LogP contribution in [0.1, 0.15) is 277 Å². The first-order chi connectivity index (χ1) is 31.1. The van der Waals surface area contributed by atoms with Gasteiger partial charge in [0.15, 0.2) is 12.4 Å². The molecule has 0 radical (unpaired) electrons. The second-order valence-corrected chi connectivity index (χ2v) is 20.2. The third-order valence-electron chi connectivity index (χ3n) is 12.6. The maximum atomic E-state index is 12.8. The summed E-state index contributed by atoms with van der Waals surface area (Å²) in [5.41, 5.74) is 0. The van der Waals surface area contributed by atoms with Crippen molar-refractivity contribution in [3.8, 4) is 0 Å². The molecule has 0 saturated heterocycles. The Hall–Kier alpha value is -1.71. The van der Waals surface area contributed by atoms with Gasteiger partial charge in [-0.2, -0.15) is 0 Å². The Kier molecular flexibility index (Phi) is 46.5. The minimum atomic E-state index is -1.61. The van der Waals surface area contributed by atoms with Crippen molar-refractivity contribution in [2.45, 2.75) is 289 Å². The quantitative estimate of drug-likeness (QED) is 0.0257. The number of nitrogens with zero attached hydrogens (tertiary/aromatic N) is 1. The van der Waals surface area contributed by atoms with Gasteiger partial charge in [-0.25, -0.2) is 0 Å². The zero-order valence-corrected chi connectivity index (χ0v) is 43.2. The fraction of sp³-hybridized carbons (Fsp3) is 0.945. The highest BCUT2D eigenvalue weighted by Crippen LogP contribution is 2.18. The molecule has 0 aliphatic rings. The summed E-state index contributed by atoms with van der Waals surface area (Å²) in [7, 11) is 5.92. The lowest BCUT2D eigenvalue weighted by Gasteiger charge is -2.26. The predicted octanol–water partition coefficient (Wildman–Crippen LogP) is 14.3. The van der Waals surface area contributed by atoms with Crippen molar-refractivity contribution in [1.29, 1.82) is 0 Å². The number of likely N-dealkylation sites (N-methyl/N-ethyl adjacent to an activating group) is 1. The number of carbonyl (C=O) groups is 3. The van der Waals surface area contributed by atoms with Gasteiger partial charge < -0.3 is 33.3 Å². The smallest absolute Gasteiger partial charge is 0.306 e. The number of quaternary nitrogens is 1. The lowest BCUT2D eigenvalue weighted by atomic mass is 10.0. The number of esters is 2. The zero-order chi connectivity index (χ0) is 47.0. The van der Waals surface area contributed by atoms with E-state index < -0.39 is 24.3 Å². The van der Waals surface area contributed by atoms with E-state index >= 15 is 0 Å². The highest BCUT2D eigenvalue weighted by atomic mass is 16.7. The first-order valence-electron chi connectivity index (χ1n) is 27.7. The Balaban J connectivity index is 4.00. The van der Waals surface area contributed by atoms with Crippen LogP contribution in [0.3, 0.4) is 0 Å². The molecular formula is C55H107NO8. The second-order valence-electron chi connectivity index (χ2n) is 20.2. The van der Waals surface area contributed by atoms with Gasteiger partial charge in [0.1, 0.15) is 13.2 Å². The molecule has 64 heavy (non-hydrogen) atoms. The number of ether oxygens (including phenoxy) is 4. The van der Waals surface area contributed by atoms with Gasteiger partial charge in [-0.1, -0.05) is 251 Å². The summed E-state index contributed by atoms with van der Waals surface area (Å²) >= 11 is 0. The number of unbranched alkanes of at least 4 members (excludes halogenated alkanes) is 37. The van der Waals surface area contributed by atoms with Crippen molar-refractivity contribution in [3.63, 3.8) is 0 Å². The Morgan fingerprint density at radius 1 is 0.406 bits per heavy atom. The summed E-state index contributed by atoms with van der Waals surface area (Å²) in [5, 5.41) is 11.7. The van der Waals surface area contributed by atoms with E-state index in [1.165, 1.54) is 212 Å². The van der Waals surface area contributed by atoms with Crippen LogP contribution in [-0.2, 0) is 33.3 Å². The average molecular weight is 910 g/mol. The number of rotatable bonds is 52. The fourth-order valence-corrected chi connectivity index (χ4v) is 8.30. The number of aliphatic carboxylic acids is 1. The van der Waals surface area contributed by atoms with Crippen molar-refractivity contribution in [2.75, 3.05) is 47.5 Å². The number of hydrogen-bond acceptors (Lipinski definition) is 8. The SMILES string of the molecule is CCCCCCCCCCCCCCCCCCCCCCCCCCCCCCCCC(=O)OC(COC(=O)CCCCCCCCCCC)COC(OCC[N+](C)(C)C)C(=O)[O-]. The molecule has 0 amide bonds. The van der Waals surface area contributed by atoms with Crippen LogP contribution in [0.25, 0.3) is 0 Å². The van der Waals surface area contributed by atoms with E-state index in [0.717, 1.165) is 38.5 Å². The van der Waals surface area contributed by atoms with Crippen molar-refractivity contribution in [2.24, 2.45) is 0 Å². The minimum absolute atomic E-state index is 0.153.